The number of H-pyrrole nitrogens is 1. The number of carbonyl (C=O) groups is 1. The number of aromatic amines is 1. The predicted octanol–water partition coefficient (Wildman–Crippen LogP) is 3.36. The van der Waals surface area contributed by atoms with Crippen LogP contribution in [0.2, 0.25) is 0 Å². The molecule has 26 heavy (non-hydrogen) atoms. The molecule has 1 unspecified atom stereocenters. The zero-order valence-electron chi connectivity index (χ0n) is 14.8. The van der Waals surface area contributed by atoms with Crippen LogP contribution in [0.15, 0.2) is 57.9 Å². The molecule has 1 amide bonds. The van der Waals surface area contributed by atoms with Crippen LogP contribution < -0.4 is 5.56 Å². The summed E-state index contributed by atoms with van der Waals surface area (Å²) in [4.78, 5) is 33.9. The summed E-state index contributed by atoms with van der Waals surface area (Å²) in [5.41, 5.74) is 0.419. The number of nitrogens with one attached hydrogen (secondary N) is 1. The van der Waals surface area contributed by atoms with Crippen LogP contribution in [0.1, 0.15) is 31.9 Å². The van der Waals surface area contributed by atoms with E-state index < -0.39 is 0 Å². The van der Waals surface area contributed by atoms with Gasteiger partial charge in [0, 0.05) is 12.1 Å². The fourth-order valence-electron chi connectivity index (χ4n) is 2.68. The van der Waals surface area contributed by atoms with Gasteiger partial charge in [-0.05, 0) is 43.7 Å². The van der Waals surface area contributed by atoms with Gasteiger partial charge in [-0.25, -0.2) is 4.98 Å². The number of rotatable bonds is 6. The number of para-hydroxylation sites is 1. The van der Waals surface area contributed by atoms with Crippen LogP contribution in [0.25, 0.3) is 17.0 Å². The fraction of sp³-hybridized carbons (Fsp3) is 0.250. The maximum absolute atomic E-state index is 12.7. The van der Waals surface area contributed by atoms with Gasteiger partial charge in [0.05, 0.1) is 23.7 Å². The average molecular weight is 351 g/mol. The van der Waals surface area contributed by atoms with Crippen molar-refractivity contribution >= 4 is 22.9 Å². The maximum Gasteiger partial charge on any atom is 0.258 e. The van der Waals surface area contributed by atoms with Gasteiger partial charge in [-0.2, -0.15) is 0 Å². The lowest BCUT2D eigenvalue weighted by Gasteiger charge is -2.27. The molecule has 0 spiro atoms. The number of fused-ring (bicyclic) bond motifs is 1. The molecule has 0 saturated heterocycles. The highest BCUT2D eigenvalue weighted by atomic mass is 16.3. The molecule has 6 nitrogen and oxygen atoms in total. The van der Waals surface area contributed by atoms with E-state index in [0.29, 0.717) is 22.5 Å². The molecule has 0 radical (unpaired) electrons. The van der Waals surface area contributed by atoms with E-state index in [1.807, 2.05) is 19.9 Å². The van der Waals surface area contributed by atoms with E-state index in [-0.39, 0.29) is 24.1 Å². The highest BCUT2D eigenvalue weighted by molar-refractivity contribution is 5.91. The molecule has 0 aliphatic heterocycles. The van der Waals surface area contributed by atoms with Gasteiger partial charge in [-0.1, -0.05) is 19.1 Å². The number of aromatic nitrogens is 2. The summed E-state index contributed by atoms with van der Waals surface area (Å²) >= 11 is 0. The molecule has 1 aromatic carbocycles. The van der Waals surface area contributed by atoms with E-state index in [1.165, 1.54) is 6.08 Å². The van der Waals surface area contributed by atoms with Crippen LogP contribution in [0, 0.1) is 0 Å². The second-order valence-corrected chi connectivity index (χ2v) is 6.10. The van der Waals surface area contributed by atoms with E-state index in [0.717, 1.165) is 6.42 Å². The number of hydrogen-bond acceptors (Lipinski definition) is 4. The van der Waals surface area contributed by atoms with Crippen LogP contribution in [-0.2, 0) is 11.3 Å². The molecule has 6 heteroatoms. The number of benzene rings is 1. The Balaban J connectivity index is 1.87. The van der Waals surface area contributed by atoms with Crippen molar-refractivity contribution in [2.75, 3.05) is 0 Å². The van der Waals surface area contributed by atoms with Gasteiger partial charge in [0.2, 0.25) is 5.91 Å². The molecular weight excluding hydrogens is 330 g/mol. The number of amides is 1. The molecule has 3 aromatic rings. The summed E-state index contributed by atoms with van der Waals surface area (Å²) in [6.45, 7) is 4.21. The first-order chi connectivity index (χ1) is 12.6. The number of hydrogen-bond donors (Lipinski definition) is 1. The van der Waals surface area contributed by atoms with Crippen molar-refractivity contribution in [2.24, 2.45) is 0 Å². The van der Waals surface area contributed by atoms with Crippen molar-refractivity contribution in [2.45, 2.75) is 32.9 Å². The second kappa shape index (κ2) is 7.82. The van der Waals surface area contributed by atoms with Crippen LogP contribution in [0.5, 0.6) is 0 Å². The first-order valence-electron chi connectivity index (χ1n) is 8.58. The number of nitrogens with zero attached hydrogens (tertiary/aromatic N) is 2. The van der Waals surface area contributed by atoms with E-state index in [4.69, 9.17) is 4.42 Å². The zero-order valence-corrected chi connectivity index (χ0v) is 14.8. The predicted molar refractivity (Wildman–Crippen MR) is 100 cm³/mol. The van der Waals surface area contributed by atoms with E-state index in [9.17, 15) is 9.59 Å². The second-order valence-electron chi connectivity index (χ2n) is 6.10. The molecule has 1 atom stereocenters. The molecule has 0 saturated carbocycles. The quantitative estimate of drug-likeness (QED) is 0.691. The summed E-state index contributed by atoms with van der Waals surface area (Å²) in [5, 5.41) is 0.537. The van der Waals surface area contributed by atoms with Gasteiger partial charge in [-0.15, -0.1) is 0 Å². The van der Waals surface area contributed by atoms with Crippen molar-refractivity contribution < 1.29 is 9.21 Å². The molecule has 0 bridgehead atoms. The normalized spacial score (nSPS) is 12.5. The first kappa shape index (κ1) is 17.7. The van der Waals surface area contributed by atoms with E-state index >= 15 is 0 Å². The van der Waals surface area contributed by atoms with Gasteiger partial charge in [0.15, 0.2) is 0 Å². The van der Waals surface area contributed by atoms with Gasteiger partial charge in [-0.3, -0.25) is 9.59 Å². The SMILES string of the molecule is CCC(C)N(Cc1nc2ccccc2c(=O)[nH]1)C(=O)/C=C/c1ccco1. The monoisotopic (exact) mass is 351 g/mol. The van der Waals surface area contributed by atoms with Gasteiger partial charge >= 0.3 is 0 Å². The summed E-state index contributed by atoms with van der Waals surface area (Å²) < 4.78 is 5.22. The molecule has 0 fully saturated rings. The lowest BCUT2D eigenvalue weighted by atomic mass is 10.2. The Bertz CT molecular complexity index is 973. The Hall–Kier alpha value is -3.15. The maximum atomic E-state index is 12.7. The minimum atomic E-state index is -0.201. The summed E-state index contributed by atoms with van der Waals surface area (Å²) in [5.74, 6) is 0.917. The molecule has 0 aliphatic rings. The Kier molecular flexibility index (Phi) is 5.31. The average Bonchev–Trinajstić information content (AvgIpc) is 3.17. The minimum Gasteiger partial charge on any atom is -0.465 e. The smallest absolute Gasteiger partial charge is 0.258 e. The fourth-order valence-corrected chi connectivity index (χ4v) is 2.68. The summed E-state index contributed by atoms with van der Waals surface area (Å²) in [7, 11) is 0. The highest BCUT2D eigenvalue weighted by Crippen LogP contribution is 2.12. The molecule has 134 valence electrons. The van der Waals surface area contributed by atoms with Crippen LogP contribution in [-0.4, -0.2) is 26.8 Å². The van der Waals surface area contributed by atoms with Gasteiger partial charge in [0.25, 0.3) is 5.56 Å². The third-order valence-corrected chi connectivity index (χ3v) is 4.32. The van der Waals surface area contributed by atoms with Gasteiger partial charge < -0.3 is 14.3 Å². The third-order valence-electron chi connectivity index (χ3n) is 4.32. The Morgan fingerprint density at radius 2 is 2.12 bits per heavy atom. The number of furan rings is 1. The van der Waals surface area contributed by atoms with Gasteiger partial charge in [0.1, 0.15) is 11.6 Å². The van der Waals surface area contributed by atoms with Crippen molar-refractivity contribution in [3.05, 3.63) is 70.7 Å². The first-order valence-corrected chi connectivity index (χ1v) is 8.58. The van der Waals surface area contributed by atoms with E-state index in [2.05, 4.69) is 9.97 Å². The molecule has 0 aliphatic carbocycles. The van der Waals surface area contributed by atoms with Crippen molar-refractivity contribution in [1.82, 2.24) is 14.9 Å². The lowest BCUT2D eigenvalue weighted by molar-refractivity contribution is -0.128. The van der Waals surface area contributed by atoms with Crippen LogP contribution in [0.3, 0.4) is 0 Å². The minimum absolute atomic E-state index is 0.000485. The molecule has 2 aromatic heterocycles. The Morgan fingerprint density at radius 3 is 2.85 bits per heavy atom. The summed E-state index contributed by atoms with van der Waals surface area (Å²) in [6.07, 6.45) is 5.46. The van der Waals surface area contributed by atoms with Crippen molar-refractivity contribution in [3.63, 3.8) is 0 Å². The largest absolute Gasteiger partial charge is 0.465 e. The van der Waals surface area contributed by atoms with Crippen molar-refractivity contribution in [1.29, 1.82) is 0 Å². The Morgan fingerprint density at radius 1 is 1.31 bits per heavy atom. The standard InChI is InChI=1S/C20H21N3O3/c1-3-14(2)23(19(24)11-10-15-7-6-12-26-15)13-18-21-17-9-5-4-8-16(17)20(25)22-18/h4-12,14H,3,13H2,1-2H3,(H,21,22,25)/b11-10+. The molecule has 1 N–H and O–H groups in total. The van der Waals surface area contributed by atoms with Crippen LogP contribution >= 0.6 is 0 Å². The lowest BCUT2D eigenvalue weighted by Crippen LogP contribution is -2.37. The zero-order chi connectivity index (χ0) is 18.5. The van der Waals surface area contributed by atoms with E-state index in [1.54, 1.807) is 47.6 Å². The highest BCUT2D eigenvalue weighted by Gasteiger charge is 2.19. The van der Waals surface area contributed by atoms with Crippen molar-refractivity contribution in [3.8, 4) is 0 Å². The summed E-state index contributed by atoms with van der Waals surface area (Å²) in [6, 6.07) is 10.7. The molecule has 2 heterocycles. The third kappa shape index (κ3) is 3.91. The molecule has 3 rings (SSSR count). The van der Waals surface area contributed by atoms with Crippen LogP contribution in [0.4, 0.5) is 0 Å². The number of carbonyl (C=O) groups excluding carboxylic acids is 1. The Labute approximate surface area is 151 Å². The topological polar surface area (TPSA) is 79.2 Å². The molecular formula is C20H21N3O3.